The van der Waals surface area contributed by atoms with Gasteiger partial charge in [-0.15, -0.1) is 0 Å². The van der Waals surface area contributed by atoms with Crippen molar-refractivity contribution < 1.29 is 41.8 Å². The first-order valence-electron chi connectivity index (χ1n) is 15.3. The maximum Gasteiger partial charge on any atom is 0.422 e. The van der Waals surface area contributed by atoms with Gasteiger partial charge in [0.05, 0.1) is 25.2 Å². The first-order chi connectivity index (χ1) is 24.2. The van der Waals surface area contributed by atoms with Crippen molar-refractivity contribution in [2.24, 2.45) is 7.05 Å². The average molecular weight is 730 g/mol. The van der Waals surface area contributed by atoms with Gasteiger partial charge in [-0.3, -0.25) is 14.4 Å². The zero-order chi connectivity index (χ0) is 36.8. The van der Waals surface area contributed by atoms with Gasteiger partial charge in [0.1, 0.15) is 11.9 Å². The Labute approximate surface area is 293 Å². The third kappa shape index (κ3) is 9.90. The fourth-order valence-corrected chi connectivity index (χ4v) is 4.92. The van der Waals surface area contributed by atoms with Crippen LogP contribution in [0.1, 0.15) is 41.6 Å². The van der Waals surface area contributed by atoms with E-state index in [0.717, 1.165) is 12.7 Å². The molecule has 0 saturated heterocycles. The van der Waals surface area contributed by atoms with Crippen LogP contribution in [0.4, 0.5) is 36.6 Å². The van der Waals surface area contributed by atoms with Crippen molar-refractivity contribution in [3.8, 4) is 6.01 Å². The van der Waals surface area contributed by atoms with E-state index in [1.807, 2.05) is 12.1 Å². The summed E-state index contributed by atoms with van der Waals surface area (Å²) in [5.41, 5.74) is 0.793. The number of carbonyl (C=O) groups excluding carboxylic acids is 4. The van der Waals surface area contributed by atoms with Crippen LogP contribution < -0.4 is 26.0 Å². The fourth-order valence-electron chi connectivity index (χ4n) is 4.79. The molecule has 1 aliphatic rings. The summed E-state index contributed by atoms with van der Waals surface area (Å²) < 4.78 is 49.9. The maximum absolute atomic E-state index is 13.0. The Hall–Kier alpha value is -5.78. The van der Waals surface area contributed by atoms with Crippen molar-refractivity contribution in [2.75, 3.05) is 29.7 Å². The number of aromatic nitrogens is 5. The van der Waals surface area contributed by atoms with E-state index in [2.05, 4.69) is 41.2 Å². The van der Waals surface area contributed by atoms with Gasteiger partial charge in [0.15, 0.2) is 6.61 Å². The minimum atomic E-state index is -4.64. The average Bonchev–Trinajstić information content (AvgIpc) is 3.77. The molecular formula is C32H31ClF3N9O6. The molecule has 2 aromatic carbocycles. The van der Waals surface area contributed by atoms with Gasteiger partial charge >= 0.3 is 18.2 Å². The molecule has 0 bridgehead atoms. The molecule has 2 aromatic heterocycles. The number of Topliss-reactive ketones (excluding diaryl/α,β-unsaturated/α-hetero) is 1. The molecule has 15 nitrogen and oxygen atoms in total. The summed E-state index contributed by atoms with van der Waals surface area (Å²) in [6.45, 7) is -1.62. The molecule has 0 aliphatic heterocycles. The van der Waals surface area contributed by atoms with E-state index in [1.54, 1.807) is 19.2 Å². The largest absolute Gasteiger partial charge is 0.467 e. The number of anilines is 4. The van der Waals surface area contributed by atoms with Gasteiger partial charge < -0.3 is 35.3 Å². The number of halogens is 4. The molecule has 2 heterocycles. The first-order valence-corrected chi connectivity index (χ1v) is 15.7. The number of carbonyl (C=O) groups is 4. The van der Waals surface area contributed by atoms with Crippen LogP contribution in [0.5, 0.6) is 6.01 Å². The van der Waals surface area contributed by atoms with Crippen molar-refractivity contribution in [1.82, 2.24) is 29.8 Å². The number of aryl methyl sites for hydroxylation is 1. The number of benzene rings is 2. The third-order valence-corrected chi connectivity index (χ3v) is 7.90. The number of ether oxygens (including phenoxy) is 2. The highest BCUT2D eigenvalue weighted by molar-refractivity contribution is 6.40. The van der Waals surface area contributed by atoms with E-state index >= 15 is 0 Å². The van der Waals surface area contributed by atoms with Crippen LogP contribution in [-0.4, -0.2) is 74.0 Å². The van der Waals surface area contributed by atoms with Gasteiger partial charge in [-0.2, -0.15) is 28.1 Å². The summed E-state index contributed by atoms with van der Waals surface area (Å²) in [6.07, 6.45) is -1.01. The molecule has 51 heavy (non-hydrogen) atoms. The van der Waals surface area contributed by atoms with Crippen LogP contribution in [0, 0.1) is 0 Å². The molecule has 4 N–H and O–H groups in total. The zero-order valence-corrected chi connectivity index (χ0v) is 27.8. The molecule has 0 spiro atoms. The van der Waals surface area contributed by atoms with E-state index in [9.17, 15) is 32.3 Å². The van der Waals surface area contributed by atoms with E-state index in [-0.39, 0.29) is 30.3 Å². The van der Waals surface area contributed by atoms with E-state index in [1.165, 1.54) is 41.4 Å². The fraction of sp³-hybridized carbons (Fsp3) is 0.312. The number of nitrogens with one attached hydrogen (secondary N) is 4. The highest BCUT2D eigenvalue weighted by Crippen LogP contribution is 2.48. The number of nitrogens with zero attached hydrogens (tertiary/aromatic N) is 5. The standard InChI is InChI=1S/C32H31ClF3N9O6/c1-45-17-37-15-24(45)40-26(48)23(46)12-11-22(27(49)50-2)39-25(47)18-3-9-21(10-4-18)38-28-41-29(43-30(42-28)51-16-32(34,35)36)44-31(13-14-31)19-5-7-20(33)8-6-19/h3-10,15,17,22H,11-14,16H2,1-2H3,(H,39,47)(H,40,48)(H2,38,41,42,43,44)/t22-/m0/s1. The molecule has 0 unspecified atom stereocenters. The molecule has 0 radical (unpaired) electrons. The SMILES string of the molecule is COC(=O)[C@H](CCC(=O)C(=O)Nc1cncn1C)NC(=O)c1ccc(Nc2nc(NC3(c4ccc(Cl)cc4)CC3)nc(OCC(F)(F)F)n2)cc1. The molecule has 1 atom stereocenters. The number of hydrogen-bond acceptors (Lipinski definition) is 12. The maximum atomic E-state index is 13.0. The summed E-state index contributed by atoms with van der Waals surface area (Å²) in [7, 11) is 2.74. The van der Waals surface area contributed by atoms with Crippen molar-refractivity contribution in [2.45, 2.75) is 43.4 Å². The van der Waals surface area contributed by atoms with Gasteiger partial charge in [-0.05, 0) is 61.2 Å². The second kappa shape index (κ2) is 15.4. The summed E-state index contributed by atoms with van der Waals surface area (Å²) in [5, 5.41) is 11.5. The predicted molar refractivity (Wildman–Crippen MR) is 176 cm³/mol. The second-order valence-electron chi connectivity index (χ2n) is 11.4. The quantitative estimate of drug-likeness (QED) is 0.100. The summed E-state index contributed by atoms with van der Waals surface area (Å²) in [4.78, 5) is 66.3. The van der Waals surface area contributed by atoms with Crippen LogP contribution in [0.25, 0.3) is 0 Å². The lowest BCUT2D eigenvalue weighted by atomic mass is 10.1. The summed E-state index contributed by atoms with van der Waals surface area (Å²) in [5.74, 6) is -3.12. The Morgan fingerprint density at radius 2 is 1.69 bits per heavy atom. The Bertz CT molecular complexity index is 1900. The zero-order valence-electron chi connectivity index (χ0n) is 27.1. The number of methoxy groups -OCH3 is 1. The number of ketones is 1. The lowest BCUT2D eigenvalue weighted by Gasteiger charge is -2.19. The number of imidazole rings is 1. The van der Waals surface area contributed by atoms with Crippen LogP contribution in [-0.2, 0) is 31.7 Å². The Balaban J connectivity index is 1.24. The van der Waals surface area contributed by atoms with E-state index in [0.29, 0.717) is 29.4 Å². The molecule has 268 valence electrons. The van der Waals surface area contributed by atoms with E-state index < -0.39 is 53.9 Å². The van der Waals surface area contributed by atoms with Gasteiger partial charge in [-0.1, -0.05) is 23.7 Å². The van der Waals surface area contributed by atoms with E-state index in [4.69, 9.17) is 21.1 Å². The smallest absolute Gasteiger partial charge is 0.422 e. The Kier molecular flexibility index (Phi) is 11.0. The third-order valence-electron chi connectivity index (χ3n) is 7.64. The molecule has 5 rings (SSSR count). The molecule has 1 aliphatic carbocycles. The molecule has 2 amide bonds. The van der Waals surface area contributed by atoms with Crippen LogP contribution in [0.3, 0.4) is 0 Å². The highest BCUT2D eigenvalue weighted by atomic mass is 35.5. The van der Waals surface area contributed by atoms with Crippen molar-refractivity contribution in [3.05, 3.63) is 77.2 Å². The molecule has 4 aromatic rings. The minimum absolute atomic E-state index is 0.0325. The number of esters is 1. The number of alkyl halides is 3. The summed E-state index contributed by atoms with van der Waals surface area (Å²) in [6, 6.07) is 11.0. The lowest BCUT2D eigenvalue weighted by Crippen LogP contribution is -2.42. The number of hydrogen-bond donors (Lipinski definition) is 4. The van der Waals surface area contributed by atoms with Gasteiger partial charge in [-0.25, -0.2) is 9.78 Å². The van der Waals surface area contributed by atoms with Gasteiger partial charge in [0, 0.05) is 29.7 Å². The molecule has 19 heteroatoms. The second-order valence-corrected chi connectivity index (χ2v) is 11.9. The molecule has 1 fully saturated rings. The molecular weight excluding hydrogens is 699 g/mol. The lowest BCUT2D eigenvalue weighted by molar-refractivity contribution is -0.154. The monoisotopic (exact) mass is 729 g/mol. The van der Waals surface area contributed by atoms with Gasteiger partial charge in [0.25, 0.3) is 11.8 Å². The Morgan fingerprint density at radius 3 is 2.29 bits per heavy atom. The predicted octanol–water partition coefficient (Wildman–Crippen LogP) is 4.30. The number of rotatable bonds is 15. The van der Waals surface area contributed by atoms with Gasteiger partial charge in [0.2, 0.25) is 17.7 Å². The van der Waals surface area contributed by atoms with Crippen molar-refractivity contribution in [1.29, 1.82) is 0 Å². The van der Waals surface area contributed by atoms with Crippen molar-refractivity contribution >= 4 is 58.6 Å². The summed E-state index contributed by atoms with van der Waals surface area (Å²) >= 11 is 6.02. The first kappa shape index (κ1) is 36.5. The topological polar surface area (TPSA) is 191 Å². The van der Waals surface area contributed by atoms with Crippen LogP contribution >= 0.6 is 11.6 Å². The number of amides is 2. The minimum Gasteiger partial charge on any atom is -0.467 e. The normalized spacial score (nSPS) is 13.8. The molecule has 1 saturated carbocycles. The Morgan fingerprint density at radius 1 is 1.00 bits per heavy atom. The highest BCUT2D eigenvalue weighted by Gasteiger charge is 2.45. The van der Waals surface area contributed by atoms with Crippen LogP contribution in [0.15, 0.2) is 61.1 Å². The van der Waals surface area contributed by atoms with Crippen molar-refractivity contribution in [3.63, 3.8) is 0 Å². The van der Waals surface area contributed by atoms with Crippen LogP contribution in [0.2, 0.25) is 5.02 Å².